The predicted octanol–water partition coefficient (Wildman–Crippen LogP) is 4.29. The maximum Gasteiger partial charge on any atom is 0.270 e. The molecule has 2 N–H and O–H groups in total. The van der Waals surface area contributed by atoms with E-state index in [4.69, 9.17) is 21.8 Å². The van der Waals surface area contributed by atoms with Crippen LogP contribution in [0.25, 0.3) is 20.5 Å². The number of thiophene rings is 1. The average Bonchev–Trinajstić information content (AvgIpc) is 3.25. The number of amides is 1. The van der Waals surface area contributed by atoms with Crippen LogP contribution >= 0.6 is 22.9 Å². The first kappa shape index (κ1) is 15.8. The molecule has 3 heterocycles. The summed E-state index contributed by atoms with van der Waals surface area (Å²) >= 11 is 7.43. The first-order chi connectivity index (χ1) is 12.1. The van der Waals surface area contributed by atoms with Gasteiger partial charge in [0.1, 0.15) is 0 Å². The Morgan fingerprint density at radius 3 is 2.68 bits per heavy atom. The summed E-state index contributed by atoms with van der Waals surface area (Å²) in [4.78, 5) is 12.7. The Labute approximate surface area is 152 Å². The molecule has 1 aromatic carbocycles. The minimum atomic E-state index is -0.586. The smallest absolute Gasteiger partial charge is 0.270 e. The first-order valence-corrected chi connectivity index (χ1v) is 8.67. The highest BCUT2D eigenvalue weighted by Gasteiger charge is 2.18. The largest absolute Gasteiger partial charge is 0.472 e. The highest BCUT2D eigenvalue weighted by molar-refractivity contribution is 7.22. The topological polar surface area (TPSA) is 82.0 Å². The highest BCUT2D eigenvalue weighted by Crippen LogP contribution is 2.36. The summed E-state index contributed by atoms with van der Waals surface area (Å²) in [7, 11) is 0. The Kier molecular flexibility index (Phi) is 3.99. The molecule has 7 heteroatoms. The molecule has 0 radical (unpaired) electrons. The number of fused-ring (bicyclic) bond motifs is 1. The quantitative estimate of drug-likeness (QED) is 0.581. The van der Waals surface area contributed by atoms with Gasteiger partial charge in [-0.05, 0) is 35.4 Å². The lowest BCUT2D eigenvalue weighted by atomic mass is 10.1. The van der Waals surface area contributed by atoms with Crippen LogP contribution in [0.2, 0.25) is 5.02 Å². The molecule has 1 amide bonds. The van der Waals surface area contributed by atoms with E-state index in [1.54, 1.807) is 12.5 Å². The summed E-state index contributed by atoms with van der Waals surface area (Å²) in [5.41, 5.74) is 8.43. The number of furan rings is 1. The molecule has 0 aliphatic heterocycles. The van der Waals surface area contributed by atoms with Crippen LogP contribution in [0, 0.1) is 0 Å². The fraction of sp³-hybridized carbons (Fsp3) is 0.0556. The van der Waals surface area contributed by atoms with E-state index in [9.17, 15) is 4.79 Å². The van der Waals surface area contributed by atoms with Crippen molar-refractivity contribution in [3.05, 3.63) is 70.9 Å². The molecule has 0 atom stereocenters. The number of benzene rings is 1. The van der Waals surface area contributed by atoms with Crippen LogP contribution in [-0.2, 0) is 6.42 Å². The lowest BCUT2D eigenvalue weighted by Gasteiger charge is -2.02. The van der Waals surface area contributed by atoms with Crippen molar-refractivity contribution >= 4 is 38.9 Å². The van der Waals surface area contributed by atoms with Crippen LogP contribution < -0.4 is 5.73 Å². The number of primary amides is 1. The standard InChI is InChI=1S/C18H12ClN3O2S/c19-12-3-1-11(2-4-12)15-8-13-14(7-10-5-6-24-9-10)21-22-16(18(20)23)17(13)25-15/h1-6,8-9H,7H2,(H2,20,23). The highest BCUT2D eigenvalue weighted by atomic mass is 35.5. The zero-order chi connectivity index (χ0) is 17.4. The third kappa shape index (κ3) is 3.01. The number of hydrogen-bond acceptors (Lipinski definition) is 5. The minimum absolute atomic E-state index is 0.191. The number of hydrogen-bond donors (Lipinski definition) is 1. The average molecular weight is 370 g/mol. The van der Waals surface area contributed by atoms with E-state index in [2.05, 4.69) is 10.2 Å². The van der Waals surface area contributed by atoms with Crippen LogP contribution in [0.3, 0.4) is 0 Å². The Hall–Kier alpha value is -2.70. The van der Waals surface area contributed by atoms with Crippen molar-refractivity contribution in [2.75, 3.05) is 0 Å². The van der Waals surface area contributed by atoms with E-state index in [1.807, 2.05) is 36.4 Å². The van der Waals surface area contributed by atoms with Gasteiger partial charge in [-0.3, -0.25) is 4.79 Å². The Morgan fingerprint density at radius 2 is 2.00 bits per heavy atom. The van der Waals surface area contributed by atoms with E-state index >= 15 is 0 Å². The third-order valence-electron chi connectivity index (χ3n) is 3.84. The lowest BCUT2D eigenvalue weighted by Crippen LogP contribution is -2.14. The molecule has 0 aliphatic carbocycles. The van der Waals surface area contributed by atoms with Crippen LogP contribution in [0.15, 0.2) is 53.3 Å². The number of halogens is 1. The van der Waals surface area contributed by atoms with E-state index in [0.717, 1.165) is 31.8 Å². The van der Waals surface area contributed by atoms with Crippen LogP contribution in [0.5, 0.6) is 0 Å². The SMILES string of the molecule is NC(=O)c1nnc(Cc2ccoc2)c2cc(-c3ccc(Cl)cc3)sc12. The molecule has 3 aromatic heterocycles. The van der Waals surface area contributed by atoms with Gasteiger partial charge < -0.3 is 10.2 Å². The van der Waals surface area contributed by atoms with E-state index in [1.165, 1.54) is 11.3 Å². The van der Waals surface area contributed by atoms with Gasteiger partial charge in [0.25, 0.3) is 5.91 Å². The zero-order valence-corrected chi connectivity index (χ0v) is 14.5. The van der Waals surface area contributed by atoms with Gasteiger partial charge in [-0.25, -0.2) is 0 Å². The normalized spacial score (nSPS) is 11.1. The number of carbonyl (C=O) groups is 1. The van der Waals surface area contributed by atoms with Crippen molar-refractivity contribution in [2.24, 2.45) is 5.73 Å². The number of nitrogens with two attached hydrogens (primary N) is 1. The molecule has 25 heavy (non-hydrogen) atoms. The maximum absolute atomic E-state index is 11.7. The van der Waals surface area contributed by atoms with Gasteiger partial charge in [-0.2, -0.15) is 5.10 Å². The fourth-order valence-corrected chi connectivity index (χ4v) is 3.93. The van der Waals surface area contributed by atoms with Gasteiger partial charge in [0.2, 0.25) is 0 Å². The van der Waals surface area contributed by atoms with Gasteiger partial charge in [-0.15, -0.1) is 16.4 Å². The summed E-state index contributed by atoms with van der Waals surface area (Å²) in [5, 5.41) is 9.81. The first-order valence-electron chi connectivity index (χ1n) is 7.48. The van der Waals surface area contributed by atoms with Crippen LogP contribution in [-0.4, -0.2) is 16.1 Å². The molecule has 0 saturated carbocycles. The summed E-state index contributed by atoms with van der Waals surface area (Å²) in [5.74, 6) is -0.586. The number of rotatable bonds is 4. The zero-order valence-electron chi connectivity index (χ0n) is 12.9. The van der Waals surface area contributed by atoms with Gasteiger partial charge in [0.05, 0.1) is 22.9 Å². The third-order valence-corrected chi connectivity index (χ3v) is 5.29. The second-order valence-corrected chi connectivity index (χ2v) is 7.02. The van der Waals surface area contributed by atoms with Gasteiger partial charge in [-0.1, -0.05) is 23.7 Å². The predicted molar refractivity (Wildman–Crippen MR) is 97.9 cm³/mol. The second kappa shape index (κ2) is 6.31. The Morgan fingerprint density at radius 1 is 1.20 bits per heavy atom. The molecule has 4 rings (SSSR count). The van der Waals surface area contributed by atoms with Crippen molar-refractivity contribution in [1.82, 2.24) is 10.2 Å². The molecule has 4 aromatic rings. The summed E-state index contributed by atoms with van der Waals surface area (Å²) in [6.07, 6.45) is 3.85. The number of carbonyl (C=O) groups excluding carboxylic acids is 1. The Balaban J connectivity index is 1.88. The molecule has 5 nitrogen and oxygen atoms in total. The van der Waals surface area contributed by atoms with E-state index in [0.29, 0.717) is 11.4 Å². The monoisotopic (exact) mass is 369 g/mol. The number of nitrogens with zero attached hydrogens (tertiary/aromatic N) is 2. The van der Waals surface area contributed by atoms with Crippen molar-refractivity contribution in [3.63, 3.8) is 0 Å². The van der Waals surface area contributed by atoms with Gasteiger partial charge >= 0.3 is 0 Å². The molecule has 0 bridgehead atoms. The van der Waals surface area contributed by atoms with E-state index < -0.39 is 5.91 Å². The van der Waals surface area contributed by atoms with Crippen molar-refractivity contribution in [2.45, 2.75) is 6.42 Å². The second-order valence-electron chi connectivity index (χ2n) is 5.53. The molecular weight excluding hydrogens is 358 g/mol. The van der Waals surface area contributed by atoms with Crippen molar-refractivity contribution in [1.29, 1.82) is 0 Å². The fourth-order valence-electron chi connectivity index (χ4n) is 2.63. The summed E-state index contributed by atoms with van der Waals surface area (Å²) in [6, 6.07) is 11.4. The molecular formula is C18H12ClN3O2S. The molecule has 0 fully saturated rings. The lowest BCUT2D eigenvalue weighted by molar-refractivity contribution is 0.0996. The van der Waals surface area contributed by atoms with Crippen molar-refractivity contribution in [3.8, 4) is 10.4 Å². The van der Waals surface area contributed by atoms with E-state index in [-0.39, 0.29) is 5.69 Å². The Bertz CT molecular complexity index is 1060. The van der Waals surface area contributed by atoms with Crippen molar-refractivity contribution < 1.29 is 9.21 Å². The molecule has 0 aliphatic rings. The summed E-state index contributed by atoms with van der Waals surface area (Å²) < 4.78 is 5.86. The molecule has 0 unspecified atom stereocenters. The molecule has 124 valence electrons. The van der Waals surface area contributed by atoms with Gasteiger partial charge in [0, 0.05) is 21.7 Å². The molecule has 0 saturated heterocycles. The van der Waals surface area contributed by atoms with Crippen LogP contribution in [0.4, 0.5) is 0 Å². The minimum Gasteiger partial charge on any atom is -0.472 e. The maximum atomic E-state index is 11.7. The van der Waals surface area contributed by atoms with Crippen LogP contribution in [0.1, 0.15) is 21.7 Å². The molecule has 0 spiro atoms. The summed E-state index contributed by atoms with van der Waals surface area (Å²) in [6.45, 7) is 0. The van der Waals surface area contributed by atoms with Gasteiger partial charge in [0.15, 0.2) is 5.69 Å². The number of aromatic nitrogens is 2.